The van der Waals surface area contributed by atoms with Crippen molar-refractivity contribution >= 4 is 29.2 Å². The molecule has 0 aliphatic carbocycles. The number of benzene rings is 2. The summed E-state index contributed by atoms with van der Waals surface area (Å²) in [6.07, 6.45) is 0. The number of anilines is 1. The molecule has 0 fully saturated rings. The number of carboxylic acid groups (broad SMARTS) is 1. The SMILES string of the molecule is COc1ccc(C(=O)O)cc1NC(=O)COc1ccc(Cl)cc1C. The van der Waals surface area contributed by atoms with Crippen molar-refractivity contribution < 1.29 is 24.2 Å². The molecule has 24 heavy (non-hydrogen) atoms. The number of aromatic carboxylic acids is 1. The number of carbonyl (C=O) groups excluding carboxylic acids is 1. The normalized spacial score (nSPS) is 10.1. The lowest BCUT2D eigenvalue weighted by atomic mass is 10.2. The van der Waals surface area contributed by atoms with Gasteiger partial charge in [-0.1, -0.05) is 11.6 Å². The molecule has 2 aromatic rings. The predicted octanol–water partition coefficient (Wildman–Crippen LogP) is 3.37. The zero-order valence-corrected chi connectivity index (χ0v) is 13.9. The Kier molecular flexibility index (Phi) is 5.65. The van der Waals surface area contributed by atoms with Crippen LogP contribution in [0.3, 0.4) is 0 Å². The molecule has 0 heterocycles. The second-order valence-electron chi connectivity index (χ2n) is 4.97. The van der Waals surface area contributed by atoms with Crippen molar-refractivity contribution in [3.8, 4) is 11.5 Å². The molecule has 0 spiro atoms. The van der Waals surface area contributed by atoms with E-state index in [0.29, 0.717) is 16.5 Å². The van der Waals surface area contributed by atoms with Gasteiger partial charge in [0.25, 0.3) is 5.91 Å². The molecular formula is C17H16ClNO5. The number of halogens is 1. The van der Waals surface area contributed by atoms with Crippen molar-refractivity contribution in [1.29, 1.82) is 0 Å². The van der Waals surface area contributed by atoms with Crippen LogP contribution in [0.5, 0.6) is 11.5 Å². The zero-order valence-electron chi connectivity index (χ0n) is 13.1. The number of methoxy groups -OCH3 is 1. The summed E-state index contributed by atoms with van der Waals surface area (Å²) in [6, 6.07) is 9.27. The van der Waals surface area contributed by atoms with E-state index in [2.05, 4.69) is 5.32 Å². The standard InChI is InChI=1S/C17H16ClNO5/c1-10-7-12(18)4-6-14(10)24-9-16(20)19-13-8-11(17(21)22)3-5-15(13)23-2/h3-8H,9H2,1-2H3,(H,19,20)(H,21,22). The number of hydrogen-bond donors (Lipinski definition) is 2. The van der Waals surface area contributed by atoms with Crippen LogP contribution in [0.15, 0.2) is 36.4 Å². The number of rotatable bonds is 6. The first-order valence-corrected chi connectivity index (χ1v) is 7.38. The van der Waals surface area contributed by atoms with Gasteiger partial charge in [-0.05, 0) is 48.9 Å². The Labute approximate surface area is 144 Å². The lowest BCUT2D eigenvalue weighted by Crippen LogP contribution is -2.21. The molecule has 2 aromatic carbocycles. The van der Waals surface area contributed by atoms with Crippen molar-refractivity contribution in [2.45, 2.75) is 6.92 Å². The van der Waals surface area contributed by atoms with E-state index in [1.54, 1.807) is 18.2 Å². The Morgan fingerprint density at radius 3 is 2.50 bits per heavy atom. The van der Waals surface area contributed by atoms with Gasteiger partial charge in [0.2, 0.25) is 0 Å². The first-order valence-electron chi connectivity index (χ1n) is 7.01. The number of amides is 1. The molecule has 0 aliphatic heterocycles. The van der Waals surface area contributed by atoms with E-state index in [4.69, 9.17) is 26.2 Å². The van der Waals surface area contributed by atoms with Gasteiger partial charge in [-0.15, -0.1) is 0 Å². The number of carboxylic acids is 1. The van der Waals surface area contributed by atoms with Crippen molar-refractivity contribution in [2.24, 2.45) is 0 Å². The highest BCUT2D eigenvalue weighted by atomic mass is 35.5. The highest BCUT2D eigenvalue weighted by Gasteiger charge is 2.12. The number of nitrogens with one attached hydrogen (secondary N) is 1. The lowest BCUT2D eigenvalue weighted by molar-refractivity contribution is -0.118. The Bertz CT molecular complexity index is 776. The molecule has 2 rings (SSSR count). The third-order valence-electron chi connectivity index (χ3n) is 3.22. The lowest BCUT2D eigenvalue weighted by Gasteiger charge is -2.12. The maximum absolute atomic E-state index is 12.0. The zero-order chi connectivity index (χ0) is 17.7. The summed E-state index contributed by atoms with van der Waals surface area (Å²) in [7, 11) is 1.43. The average Bonchev–Trinajstić information content (AvgIpc) is 2.53. The summed E-state index contributed by atoms with van der Waals surface area (Å²) in [5.41, 5.74) is 1.11. The van der Waals surface area contributed by atoms with Gasteiger partial charge in [0.05, 0.1) is 18.4 Å². The summed E-state index contributed by atoms with van der Waals surface area (Å²) >= 11 is 5.86. The van der Waals surface area contributed by atoms with Gasteiger partial charge in [0.1, 0.15) is 11.5 Å². The van der Waals surface area contributed by atoms with Crippen LogP contribution in [-0.2, 0) is 4.79 Å². The molecule has 0 aliphatic rings. The molecule has 0 unspecified atom stereocenters. The smallest absolute Gasteiger partial charge is 0.335 e. The Morgan fingerprint density at radius 2 is 1.88 bits per heavy atom. The maximum Gasteiger partial charge on any atom is 0.335 e. The number of aryl methyl sites for hydroxylation is 1. The summed E-state index contributed by atoms with van der Waals surface area (Å²) in [4.78, 5) is 23.1. The van der Waals surface area contributed by atoms with E-state index >= 15 is 0 Å². The van der Waals surface area contributed by atoms with Crippen molar-refractivity contribution in [3.05, 3.63) is 52.5 Å². The van der Waals surface area contributed by atoms with Crippen LogP contribution in [0.2, 0.25) is 5.02 Å². The average molecular weight is 350 g/mol. The highest BCUT2D eigenvalue weighted by Crippen LogP contribution is 2.26. The third kappa shape index (κ3) is 4.39. The minimum atomic E-state index is -1.10. The summed E-state index contributed by atoms with van der Waals surface area (Å²) < 4.78 is 10.6. The molecular weight excluding hydrogens is 334 g/mol. The van der Waals surface area contributed by atoms with Crippen molar-refractivity contribution in [1.82, 2.24) is 0 Å². The van der Waals surface area contributed by atoms with E-state index in [1.165, 1.54) is 25.3 Å². The van der Waals surface area contributed by atoms with Gasteiger partial charge in [-0.25, -0.2) is 4.79 Å². The third-order valence-corrected chi connectivity index (χ3v) is 3.45. The van der Waals surface area contributed by atoms with E-state index in [-0.39, 0.29) is 17.9 Å². The van der Waals surface area contributed by atoms with Crippen LogP contribution in [0.4, 0.5) is 5.69 Å². The molecule has 6 nitrogen and oxygen atoms in total. The first-order chi connectivity index (χ1) is 11.4. The molecule has 0 aromatic heterocycles. The number of hydrogen-bond acceptors (Lipinski definition) is 4. The highest BCUT2D eigenvalue weighted by molar-refractivity contribution is 6.30. The van der Waals surface area contributed by atoms with Gasteiger partial charge in [0, 0.05) is 5.02 Å². The minimum Gasteiger partial charge on any atom is -0.495 e. The van der Waals surface area contributed by atoms with Crippen LogP contribution < -0.4 is 14.8 Å². The van der Waals surface area contributed by atoms with Crippen LogP contribution in [0.25, 0.3) is 0 Å². The first kappa shape index (κ1) is 17.6. The van der Waals surface area contributed by atoms with Gasteiger partial charge < -0.3 is 19.9 Å². The summed E-state index contributed by atoms with van der Waals surface area (Å²) in [6.45, 7) is 1.58. The molecule has 2 N–H and O–H groups in total. The summed E-state index contributed by atoms with van der Waals surface area (Å²) in [5, 5.41) is 12.2. The van der Waals surface area contributed by atoms with Gasteiger partial charge in [-0.2, -0.15) is 0 Å². The number of carbonyl (C=O) groups is 2. The molecule has 0 bridgehead atoms. The molecule has 0 atom stereocenters. The fraction of sp³-hybridized carbons (Fsp3) is 0.176. The fourth-order valence-corrected chi connectivity index (χ4v) is 2.27. The number of ether oxygens (including phenoxy) is 2. The van der Waals surface area contributed by atoms with E-state index in [9.17, 15) is 9.59 Å². The molecule has 1 amide bonds. The van der Waals surface area contributed by atoms with Crippen molar-refractivity contribution in [2.75, 3.05) is 19.0 Å². The van der Waals surface area contributed by atoms with Crippen LogP contribution in [-0.4, -0.2) is 30.7 Å². The molecule has 0 saturated carbocycles. The Hall–Kier alpha value is -2.73. The maximum atomic E-state index is 12.0. The second-order valence-corrected chi connectivity index (χ2v) is 5.40. The summed E-state index contributed by atoms with van der Waals surface area (Å²) in [5.74, 6) is -0.636. The quantitative estimate of drug-likeness (QED) is 0.835. The fourth-order valence-electron chi connectivity index (χ4n) is 2.04. The van der Waals surface area contributed by atoms with E-state index < -0.39 is 11.9 Å². The topological polar surface area (TPSA) is 84.9 Å². The molecule has 126 valence electrons. The van der Waals surface area contributed by atoms with Crippen LogP contribution in [0, 0.1) is 6.92 Å². The molecule has 7 heteroatoms. The monoisotopic (exact) mass is 349 g/mol. The molecule has 0 saturated heterocycles. The second kappa shape index (κ2) is 7.70. The Morgan fingerprint density at radius 1 is 1.17 bits per heavy atom. The van der Waals surface area contributed by atoms with Crippen molar-refractivity contribution in [3.63, 3.8) is 0 Å². The predicted molar refractivity (Wildman–Crippen MR) is 90.3 cm³/mol. The van der Waals surface area contributed by atoms with Gasteiger partial charge in [0.15, 0.2) is 6.61 Å². The largest absolute Gasteiger partial charge is 0.495 e. The van der Waals surface area contributed by atoms with Gasteiger partial charge >= 0.3 is 5.97 Å². The van der Waals surface area contributed by atoms with E-state index in [0.717, 1.165) is 5.56 Å². The van der Waals surface area contributed by atoms with E-state index in [1.807, 2.05) is 6.92 Å². The van der Waals surface area contributed by atoms with Gasteiger partial charge in [-0.3, -0.25) is 4.79 Å². The Balaban J connectivity index is 2.06. The van der Waals surface area contributed by atoms with Crippen LogP contribution >= 0.6 is 11.6 Å². The molecule has 0 radical (unpaired) electrons. The van der Waals surface area contributed by atoms with Crippen LogP contribution in [0.1, 0.15) is 15.9 Å². The minimum absolute atomic E-state index is 0.0422.